The predicted octanol–water partition coefficient (Wildman–Crippen LogP) is 4.87. The number of halogens is 1. The summed E-state index contributed by atoms with van der Waals surface area (Å²) < 4.78 is 12.3. The van der Waals surface area contributed by atoms with Crippen molar-refractivity contribution in [2.45, 2.75) is 30.8 Å². The lowest BCUT2D eigenvalue weighted by atomic mass is 10.2. The van der Waals surface area contributed by atoms with Crippen molar-refractivity contribution in [1.29, 1.82) is 0 Å². The summed E-state index contributed by atoms with van der Waals surface area (Å²) in [6.45, 7) is 4.18. The predicted molar refractivity (Wildman–Crippen MR) is 137 cm³/mol. The quantitative estimate of drug-likeness (QED) is 0.296. The van der Waals surface area contributed by atoms with Crippen LogP contribution in [0.15, 0.2) is 70.6 Å². The summed E-state index contributed by atoms with van der Waals surface area (Å²) in [5.74, 6) is 1.19. The van der Waals surface area contributed by atoms with Crippen molar-refractivity contribution in [3.05, 3.63) is 87.2 Å². The Kier molecular flexibility index (Phi) is 6.40. The minimum absolute atomic E-state index is 0.176. The number of carbonyl (C=O) groups is 1. The number of fused-ring (bicyclic) bond motifs is 2. The first kappa shape index (κ1) is 23.3. The van der Waals surface area contributed by atoms with E-state index in [1.165, 1.54) is 16.3 Å². The summed E-state index contributed by atoms with van der Waals surface area (Å²) in [5.41, 5.74) is 2.65. The minimum atomic E-state index is -0.511. The van der Waals surface area contributed by atoms with Crippen molar-refractivity contribution >= 4 is 40.2 Å². The fourth-order valence-electron chi connectivity index (χ4n) is 3.84. The molecule has 0 bridgehead atoms. The molecule has 1 aliphatic rings. The second-order valence-electron chi connectivity index (χ2n) is 8.10. The Balaban J connectivity index is 1.43. The number of carbonyl (C=O) groups excluding carboxylic acids is 1. The second kappa shape index (κ2) is 9.64. The lowest BCUT2D eigenvalue weighted by Crippen LogP contribution is -2.31. The molecule has 2 heterocycles. The van der Waals surface area contributed by atoms with Crippen molar-refractivity contribution < 1.29 is 14.3 Å². The molecule has 9 heteroatoms. The van der Waals surface area contributed by atoms with Crippen LogP contribution in [0.4, 0.5) is 0 Å². The highest BCUT2D eigenvalue weighted by molar-refractivity contribution is 8.00. The van der Waals surface area contributed by atoms with Crippen LogP contribution >= 0.6 is 23.4 Å². The molecule has 1 unspecified atom stereocenters. The molecule has 178 valence electrons. The van der Waals surface area contributed by atoms with E-state index in [2.05, 4.69) is 5.32 Å². The van der Waals surface area contributed by atoms with E-state index in [4.69, 9.17) is 26.1 Å². The van der Waals surface area contributed by atoms with E-state index in [0.717, 1.165) is 11.1 Å². The first-order chi connectivity index (χ1) is 16.9. The maximum Gasteiger partial charge on any atom is 0.266 e. The van der Waals surface area contributed by atoms with Gasteiger partial charge in [0.2, 0.25) is 12.7 Å². The Morgan fingerprint density at radius 3 is 2.80 bits per heavy atom. The third-order valence-electron chi connectivity index (χ3n) is 5.78. The fourth-order valence-corrected chi connectivity index (χ4v) is 4.95. The molecule has 4 aromatic rings. The van der Waals surface area contributed by atoms with E-state index in [0.29, 0.717) is 44.8 Å². The van der Waals surface area contributed by atoms with Gasteiger partial charge in [-0.1, -0.05) is 47.6 Å². The Bertz CT molecular complexity index is 1500. The average molecular weight is 508 g/mol. The molecule has 0 saturated carbocycles. The van der Waals surface area contributed by atoms with Crippen molar-refractivity contribution in [3.8, 4) is 17.2 Å². The van der Waals surface area contributed by atoms with Crippen molar-refractivity contribution in [2.24, 2.45) is 0 Å². The van der Waals surface area contributed by atoms with Crippen LogP contribution in [-0.2, 0) is 11.3 Å². The van der Waals surface area contributed by atoms with Crippen LogP contribution in [0.3, 0.4) is 0 Å². The first-order valence-corrected chi connectivity index (χ1v) is 12.3. The van der Waals surface area contributed by atoms with Gasteiger partial charge in [-0.25, -0.2) is 4.98 Å². The SMILES string of the molecule is Cc1c(Cl)cccc1-n1c(SC(C)C(=O)NCc2ccc3c(c2)OCO3)nc2ccccc2c1=O. The topological polar surface area (TPSA) is 82.5 Å². The summed E-state index contributed by atoms with van der Waals surface area (Å²) in [7, 11) is 0. The molecule has 1 N–H and O–H groups in total. The largest absolute Gasteiger partial charge is 0.454 e. The monoisotopic (exact) mass is 507 g/mol. The molecule has 0 saturated heterocycles. The number of nitrogens with zero attached hydrogens (tertiary/aromatic N) is 2. The number of nitrogens with one attached hydrogen (secondary N) is 1. The molecule has 0 aliphatic carbocycles. The van der Waals surface area contributed by atoms with E-state index < -0.39 is 5.25 Å². The highest BCUT2D eigenvalue weighted by Gasteiger charge is 2.22. The van der Waals surface area contributed by atoms with Crippen LogP contribution in [0, 0.1) is 6.92 Å². The lowest BCUT2D eigenvalue weighted by Gasteiger charge is -2.18. The third kappa shape index (κ3) is 4.59. The Morgan fingerprint density at radius 1 is 1.14 bits per heavy atom. The lowest BCUT2D eigenvalue weighted by molar-refractivity contribution is -0.120. The zero-order valence-corrected chi connectivity index (χ0v) is 20.7. The number of ether oxygens (including phenoxy) is 2. The van der Waals surface area contributed by atoms with Crippen LogP contribution in [0.25, 0.3) is 16.6 Å². The number of benzene rings is 3. The van der Waals surface area contributed by atoms with Gasteiger partial charge in [0.1, 0.15) is 0 Å². The summed E-state index contributed by atoms with van der Waals surface area (Å²) in [4.78, 5) is 31.2. The standard InChI is InChI=1S/C26H22ClN3O4S/c1-15-19(27)7-5-9-21(15)30-25(32)18-6-3-4-8-20(18)29-26(30)35-16(2)24(31)28-13-17-10-11-22-23(12-17)34-14-33-22/h3-12,16H,13-14H2,1-2H3,(H,28,31). The van der Waals surface area contributed by atoms with Gasteiger partial charge in [-0.15, -0.1) is 0 Å². The second-order valence-corrected chi connectivity index (χ2v) is 9.82. The van der Waals surface area contributed by atoms with Crippen molar-refractivity contribution in [3.63, 3.8) is 0 Å². The van der Waals surface area contributed by atoms with Crippen molar-refractivity contribution in [2.75, 3.05) is 6.79 Å². The van der Waals surface area contributed by atoms with Gasteiger partial charge >= 0.3 is 0 Å². The van der Waals surface area contributed by atoms with Crippen LogP contribution in [0.1, 0.15) is 18.1 Å². The molecule has 1 amide bonds. The highest BCUT2D eigenvalue weighted by atomic mass is 35.5. The normalized spacial score (nSPS) is 13.1. The van der Waals surface area contributed by atoms with Crippen LogP contribution in [-0.4, -0.2) is 27.5 Å². The highest BCUT2D eigenvalue weighted by Crippen LogP contribution is 2.33. The molecule has 3 aromatic carbocycles. The summed E-state index contributed by atoms with van der Waals surface area (Å²) in [6, 6.07) is 18.1. The molecule has 35 heavy (non-hydrogen) atoms. The number of amides is 1. The summed E-state index contributed by atoms with van der Waals surface area (Å²) in [5, 5.41) is 3.90. The maximum atomic E-state index is 13.5. The molecule has 7 nitrogen and oxygen atoms in total. The zero-order valence-electron chi connectivity index (χ0n) is 19.1. The van der Waals surface area contributed by atoms with Gasteiger partial charge in [0.05, 0.1) is 21.8 Å². The minimum Gasteiger partial charge on any atom is -0.454 e. The van der Waals surface area contributed by atoms with E-state index in [1.807, 2.05) is 37.3 Å². The average Bonchev–Trinajstić information content (AvgIpc) is 3.33. The van der Waals surface area contributed by atoms with Gasteiger partial charge in [0.15, 0.2) is 16.7 Å². The number of hydrogen-bond acceptors (Lipinski definition) is 6. The van der Waals surface area contributed by atoms with Gasteiger partial charge in [-0.05, 0) is 61.4 Å². The van der Waals surface area contributed by atoms with E-state index in [9.17, 15) is 9.59 Å². The number of aromatic nitrogens is 2. The third-order valence-corrected chi connectivity index (χ3v) is 7.24. The van der Waals surface area contributed by atoms with Gasteiger partial charge in [0, 0.05) is 11.6 Å². The molecule has 0 fully saturated rings. The van der Waals surface area contributed by atoms with Gasteiger partial charge in [0.25, 0.3) is 5.56 Å². The Morgan fingerprint density at radius 2 is 1.94 bits per heavy atom. The zero-order chi connectivity index (χ0) is 24.5. The molecule has 5 rings (SSSR count). The number of rotatable bonds is 6. The van der Waals surface area contributed by atoms with Crippen LogP contribution in [0.5, 0.6) is 11.5 Å². The van der Waals surface area contributed by atoms with Gasteiger partial charge < -0.3 is 14.8 Å². The van der Waals surface area contributed by atoms with Crippen LogP contribution < -0.4 is 20.3 Å². The Hall–Kier alpha value is -3.49. The molecular weight excluding hydrogens is 486 g/mol. The molecule has 1 atom stereocenters. The number of hydrogen-bond donors (Lipinski definition) is 1. The van der Waals surface area contributed by atoms with Gasteiger partial charge in [-0.2, -0.15) is 0 Å². The van der Waals surface area contributed by atoms with Gasteiger partial charge in [-0.3, -0.25) is 14.2 Å². The van der Waals surface area contributed by atoms with E-state index in [-0.39, 0.29) is 18.3 Å². The van der Waals surface area contributed by atoms with E-state index >= 15 is 0 Å². The maximum absolute atomic E-state index is 13.5. The molecule has 1 aliphatic heterocycles. The van der Waals surface area contributed by atoms with E-state index in [1.54, 1.807) is 37.3 Å². The molecule has 1 aromatic heterocycles. The number of thioether (sulfide) groups is 1. The fraction of sp³-hybridized carbons (Fsp3) is 0.192. The molecule has 0 spiro atoms. The van der Waals surface area contributed by atoms with Crippen molar-refractivity contribution in [1.82, 2.24) is 14.9 Å². The smallest absolute Gasteiger partial charge is 0.266 e. The first-order valence-electron chi connectivity index (χ1n) is 11.0. The molecule has 0 radical (unpaired) electrons. The Labute approximate surface area is 211 Å². The number of para-hydroxylation sites is 1. The summed E-state index contributed by atoms with van der Waals surface area (Å²) >= 11 is 7.58. The van der Waals surface area contributed by atoms with Crippen LogP contribution in [0.2, 0.25) is 5.02 Å². The summed E-state index contributed by atoms with van der Waals surface area (Å²) in [6.07, 6.45) is 0. The molecular formula is C26H22ClN3O4S.